The summed E-state index contributed by atoms with van der Waals surface area (Å²) in [7, 11) is 1.61. The van der Waals surface area contributed by atoms with Crippen LogP contribution in [0.25, 0.3) is 0 Å². The van der Waals surface area contributed by atoms with Crippen LogP contribution in [0, 0.1) is 6.92 Å². The Morgan fingerprint density at radius 2 is 1.71 bits per heavy atom. The topological polar surface area (TPSA) is 85.4 Å². The molecule has 0 aliphatic carbocycles. The number of para-hydroxylation sites is 1. The molecule has 28 heavy (non-hydrogen) atoms. The third-order valence-electron chi connectivity index (χ3n) is 4.02. The molecule has 7 nitrogen and oxygen atoms in total. The van der Waals surface area contributed by atoms with E-state index < -0.39 is 0 Å². The smallest absolute Gasteiger partial charge is 0.271 e. The van der Waals surface area contributed by atoms with Gasteiger partial charge < -0.3 is 20.1 Å². The second-order valence-corrected chi connectivity index (χ2v) is 6.02. The normalized spacial score (nSPS) is 10.2. The maximum Gasteiger partial charge on any atom is 0.271 e. The Morgan fingerprint density at radius 3 is 2.39 bits per heavy atom. The van der Waals surface area contributed by atoms with Crippen LogP contribution in [0.4, 0.5) is 11.5 Å². The van der Waals surface area contributed by atoms with Crippen molar-refractivity contribution in [2.75, 3.05) is 25.6 Å². The molecule has 0 spiro atoms. The number of methoxy groups -OCH3 is 1. The molecule has 0 saturated carbocycles. The van der Waals surface area contributed by atoms with Crippen molar-refractivity contribution in [3.63, 3.8) is 0 Å². The molecule has 3 aromatic rings. The fourth-order valence-corrected chi connectivity index (χ4v) is 2.47. The zero-order chi connectivity index (χ0) is 19.8. The Balaban J connectivity index is 1.45. The molecule has 0 bridgehead atoms. The Morgan fingerprint density at radius 1 is 0.964 bits per heavy atom. The van der Waals surface area contributed by atoms with Gasteiger partial charge in [0.25, 0.3) is 5.91 Å². The monoisotopic (exact) mass is 378 g/mol. The van der Waals surface area contributed by atoms with E-state index in [1.54, 1.807) is 19.2 Å². The molecular formula is C21H22N4O3. The number of nitrogens with one attached hydrogen (secondary N) is 2. The first-order chi connectivity index (χ1) is 13.7. The number of amides is 1. The van der Waals surface area contributed by atoms with Crippen LogP contribution in [0.5, 0.6) is 11.5 Å². The standard InChI is InChI=1S/C21H22N4O3/c1-15-5-3-4-6-18(15)23-20-12-11-19(24-25-20)21(26)22-13-14-28-17-9-7-16(27-2)8-10-17/h3-12H,13-14H2,1-2H3,(H,22,26)(H,23,25). The number of rotatable bonds is 8. The number of hydrogen-bond acceptors (Lipinski definition) is 6. The van der Waals surface area contributed by atoms with E-state index in [4.69, 9.17) is 9.47 Å². The minimum atomic E-state index is -0.298. The van der Waals surface area contributed by atoms with Crippen LogP contribution >= 0.6 is 0 Å². The van der Waals surface area contributed by atoms with E-state index >= 15 is 0 Å². The number of nitrogens with zero attached hydrogens (tertiary/aromatic N) is 2. The van der Waals surface area contributed by atoms with Gasteiger partial charge in [0.05, 0.1) is 13.7 Å². The second kappa shape index (κ2) is 9.36. The minimum Gasteiger partial charge on any atom is -0.497 e. The van der Waals surface area contributed by atoms with E-state index in [0.29, 0.717) is 24.7 Å². The van der Waals surface area contributed by atoms with E-state index in [9.17, 15) is 4.79 Å². The summed E-state index contributed by atoms with van der Waals surface area (Å²) in [6, 6.07) is 18.5. The molecule has 144 valence electrons. The van der Waals surface area contributed by atoms with Gasteiger partial charge in [0.2, 0.25) is 0 Å². The summed E-state index contributed by atoms with van der Waals surface area (Å²) in [6.07, 6.45) is 0. The molecule has 0 saturated heterocycles. The van der Waals surface area contributed by atoms with E-state index in [1.165, 1.54) is 0 Å². The molecule has 1 aromatic heterocycles. The van der Waals surface area contributed by atoms with E-state index in [1.807, 2.05) is 55.5 Å². The van der Waals surface area contributed by atoms with Gasteiger partial charge in [-0.2, -0.15) is 0 Å². The summed E-state index contributed by atoms with van der Waals surface area (Å²) in [5, 5.41) is 14.0. The van der Waals surface area contributed by atoms with E-state index in [2.05, 4.69) is 20.8 Å². The average Bonchev–Trinajstić information content (AvgIpc) is 2.73. The fraction of sp³-hybridized carbons (Fsp3) is 0.190. The van der Waals surface area contributed by atoms with Crippen molar-refractivity contribution < 1.29 is 14.3 Å². The first-order valence-corrected chi connectivity index (χ1v) is 8.87. The molecule has 0 radical (unpaired) electrons. The van der Waals surface area contributed by atoms with Gasteiger partial charge in [0.1, 0.15) is 18.1 Å². The molecule has 1 heterocycles. The van der Waals surface area contributed by atoms with Crippen LogP contribution in [0.3, 0.4) is 0 Å². The largest absolute Gasteiger partial charge is 0.497 e. The quantitative estimate of drug-likeness (QED) is 0.585. The highest BCUT2D eigenvalue weighted by atomic mass is 16.5. The first kappa shape index (κ1) is 19.2. The summed E-state index contributed by atoms with van der Waals surface area (Å²) >= 11 is 0. The Bertz CT molecular complexity index is 912. The van der Waals surface area contributed by atoms with Crippen LogP contribution in [-0.2, 0) is 0 Å². The molecular weight excluding hydrogens is 356 g/mol. The van der Waals surface area contributed by atoms with Gasteiger partial charge in [-0.25, -0.2) is 0 Å². The van der Waals surface area contributed by atoms with Gasteiger partial charge in [0.15, 0.2) is 11.5 Å². The van der Waals surface area contributed by atoms with Crippen LogP contribution < -0.4 is 20.1 Å². The van der Waals surface area contributed by atoms with Gasteiger partial charge in [-0.1, -0.05) is 18.2 Å². The summed E-state index contributed by atoms with van der Waals surface area (Å²) in [6.45, 7) is 2.71. The van der Waals surface area contributed by atoms with Crippen LogP contribution in [0.15, 0.2) is 60.7 Å². The van der Waals surface area contributed by atoms with Crippen LogP contribution in [-0.4, -0.2) is 36.4 Å². The highest BCUT2D eigenvalue weighted by molar-refractivity contribution is 5.92. The Labute approximate surface area is 163 Å². The van der Waals surface area contributed by atoms with Gasteiger partial charge in [-0.15, -0.1) is 10.2 Å². The van der Waals surface area contributed by atoms with Gasteiger partial charge in [-0.3, -0.25) is 4.79 Å². The lowest BCUT2D eigenvalue weighted by atomic mass is 10.2. The molecule has 0 unspecified atom stereocenters. The lowest BCUT2D eigenvalue weighted by Crippen LogP contribution is -2.29. The Kier molecular flexibility index (Phi) is 6.41. The molecule has 7 heteroatoms. The van der Waals surface area contributed by atoms with Crippen molar-refractivity contribution in [1.29, 1.82) is 0 Å². The predicted molar refractivity (Wildman–Crippen MR) is 107 cm³/mol. The lowest BCUT2D eigenvalue weighted by molar-refractivity contribution is 0.0941. The number of anilines is 2. The third-order valence-corrected chi connectivity index (χ3v) is 4.02. The van der Waals surface area contributed by atoms with Crippen LogP contribution in [0.2, 0.25) is 0 Å². The molecule has 2 N–H and O–H groups in total. The lowest BCUT2D eigenvalue weighted by Gasteiger charge is -2.09. The fourth-order valence-electron chi connectivity index (χ4n) is 2.47. The van der Waals surface area contributed by atoms with E-state index in [0.717, 1.165) is 17.0 Å². The van der Waals surface area contributed by atoms with Crippen LogP contribution in [0.1, 0.15) is 16.1 Å². The number of aromatic nitrogens is 2. The number of carbonyl (C=O) groups excluding carboxylic acids is 1. The molecule has 2 aromatic carbocycles. The number of hydrogen-bond donors (Lipinski definition) is 2. The Hall–Kier alpha value is -3.61. The summed E-state index contributed by atoms with van der Waals surface area (Å²) < 4.78 is 10.7. The molecule has 0 fully saturated rings. The van der Waals surface area contributed by atoms with Crippen molar-refractivity contribution in [2.24, 2.45) is 0 Å². The summed E-state index contributed by atoms with van der Waals surface area (Å²) in [4.78, 5) is 12.2. The molecule has 0 aliphatic rings. The maximum atomic E-state index is 12.2. The SMILES string of the molecule is COc1ccc(OCCNC(=O)c2ccc(Nc3ccccc3C)nn2)cc1. The number of benzene rings is 2. The van der Waals surface area contributed by atoms with Gasteiger partial charge >= 0.3 is 0 Å². The van der Waals surface area contributed by atoms with Gasteiger partial charge in [-0.05, 0) is 55.0 Å². The zero-order valence-electron chi connectivity index (χ0n) is 15.8. The van der Waals surface area contributed by atoms with Crippen molar-refractivity contribution in [3.8, 4) is 11.5 Å². The highest BCUT2D eigenvalue weighted by Crippen LogP contribution is 2.18. The number of ether oxygens (including phenoxy) is 2. The predicted octanol–water partition coefficient (Wildman–Crippen LogP) is 3.35. The maximum absolute atomic E-state index is 12.2. The second-order valence-electron chi connectivity index (χ2n) is 6.02. The molecule has 1 amide bonds. The molecule has 3 rings (SSSR count). The average molecular weight is 378 g/mol. The summed E-state index contributed by atoms with van der Waals surface area (Å²) in [5.74, 6) is 1.75. The molecule has 0 aliphatic heterocycles. The van der Waals surface area contributed by atoms with Crippen molar-refractivity contribution in [3.05, 3.63) is 71.9 Å². The number of aryl methyl sites for hydroxylation is 1. The zero-order valence-corrected chi connectivity index (χ0v) is 15.8. The number of carbonyl (C=O) groups is 1. The minimum absolute atomic E-state index is 0.250. The third kappa shape index (κ3) is 5.20. The first-order valence-electron chi connectivity index (χ1n) is 8.87. The van der Waals surface area contributed by atoms with Gasteiger partial charge in [0, 0.05) is 5.69 Å². The van der Waals surface area contributed by atoms with Crippen molar-refractivity contribution >= 4 is 17.4 Å². The highest BCUT2D eigenvalue weighted by Gasteiger charge is 2.08. The van der Waals surface area contributed by atoms with Crippen molar-refractivity contribution in [1.82, 2.24) is 15.5 Å². The van der Waals surface area contributed by atoms with Crippen molar-refractivity contribution in [2.45, 2.75) is 6.92 Å². The van der Waals surface area contributed by atoms with E-state index in [-0.39, 0.29) is 11.6 Å². The molecule has 0 atom stereocenters. The summed E-state index contributed by atoms with van der Waals surface area (Å²) in [5.41, 5.74) is 2.30.